The number of rotatable bonds is 3. The molecule has 3 heteroatoms. The molecule has 1 saturated heterocycles. The molecule has 0 amide bonds. The molecule has 0 saturated carbocycles. The zero-order valence-corrected chi connectivity index (χ0v) is 10.9. The zero-order chi connectivity index (χ0) is 12.9. The molecule has 0 aliphatic carbocycles. The van der Waals surface area contributed by atoms with E-state index < -0.39 is 0 Å². The number of morpholine rings is 1. The fraction of sp³-hybridized carbons (Fsp3) is 0.312. The summed E-state index contributed by atoms with van der Waals surface area (Å²) in [4.78, 5) is 6.82. The summed E-state index contributed by atoms with van der Waals surface area (Å²) < 4.78 is 5.83. The Bertz CT molecular complexity index is 501. The van der Waals surface area contributed by atoms with Crippen LogP contribution in [0.3, 0.4) is 0 Å². The number of nitrogens with zero attached hydrogens (tertiary/aromatic N) is 2. The van der Waals surface area contributed by atoms with Crippen molar-refractivity contribution in [1.29, 1.82) is 0 Å². The minimum atomic E-state index is 0.0960. The summed E-state index contributed by atoms with van der Waals surface area (Å²) in [5, 5.41) is 0. The minimum Gasteiger partial charge on any atom is -0.369 e. The Morgan fingerprint density at radius 2 is 1.95 bits per heavy atom. The fourth-order valence-electron chi connectivity index (χ4n) is 2.43. The van der Waals surface area contributed by atoms with Crippen LogP contribution in [0.5, 0.6) is 0 Å². The third-order valence-electron chi connectivity index (χ3n) is 3.42. The quantitative estimate of drug-likeness (QED) is 0.842. The van der Waals surface area contributed by atoms with Gasteiger partial charge in [0, 0.05) is 25.8 Å². The van der Waals surface area contributed by atoms with Crippen LogP contribution in [0.25, 0.3) is 0 Å². The first kappa shape index (κ1) is 12.3. The molecule has 0 N–H and O–H groups in total. The van der Waals surface area contributed by atoms with Crippen molar-refractivity contribution < 1.29 is 4.74 Å². The second-order valence-electron chi connectivity index (χ2n) is 4.83. The molecule has 3 nitrogen and oxygen atoms in total. The summed E-state index contributed by atoms with van der Waals surface area (Å²) >= 11 is 0. The number of benzene rings is 1. The topological polar surface area (TPSA) is 25.4 Å². The Kier molecular flexibility index (Phi) is 3.86. The van der Waals surface area contributed by atoms with Gasteiger partial charge >= 0.3 is 0 Å². The van der Waals surface area contributed by atoms with Crippen molar-refractivity contribution in [3.8, 4) is 0 Å². The van der Waals surface area contributed by atoms with Crippen LogP contribution in [-0.4, -0.2) is 29.6 Å². The van der Waals surface area contributed by atoms with E-state index in [9.17, 15) is 0 Å². The van der Waals surface area contributed by atoms with Crippen molar-refractivity contribution in [2.45, 2.75) is 12.6 Å². The van der Waals surface area contributed by atoms with E-state index in [1.807, 2.05) is 24.4 Å². The molecule has 1 aliphatic rings. The van der Waals surface area contributed by atoms with Crippen molar-refractivity contribution in [2.75, 3.05) is 19.7 Å². The molecule has 3 rings (SSSR count). The van der Waals surface area contributed by atoms with E-state index in [2.05, 4.69) is 40.2 Å². The van der Waals surface area contributed by atoms with E-state index >= 15 is 0 Å². The molecule has 1 aromatic heterocycles. The lowest BCUT2D eigenvalue weighted by Gasteiger charge is -2.32. The predicted octanol–water partition coefficient (Wildman–Crippen LogP) is 2.66. The number of ether oxygens (including phenoxy) is 1. The lowest BCUT2D eigenvalue weighted by Crippen LogP contribution is -2.38. The maximum absolute atomic E-state index is 5.83. The monoisotopic (exact) mass is 254 g/mol. The van der Waals surface area contributed by atoms with Crippen LogP contribution >= 0.6 is 0 Å². The van der Waals surface area contributed by atoms with Crippen molar-refractivity contribution in [3.05, 3.63) is 66.0 Å². The smallest absolute Gasteiger partial charge is 0.112 e. The molecule has 98 valence electrons. The average molecular weight is 254 g/mol. The van der Waals surface area contributed by atoms with Gasteiger partial charge in [0.1, 0.15) is 6.10 Å². The molecule has 2 heterocycles. The Morgan fingerprint density at radius 3 is 2.74 bits per heavy atom. The Labute approximate surface area is 113 Å². The second kappa shape index (κ2) is 5.95. The molecule has 0 radical (unpaired) electrons. The number of aromatic nitrogens is 1. The highest BCUT2D eigenvalue weighted by Gasteiger charge is 2.22. The van der Waals surface area contributed by atoms with E-state index in [0.717, 1.165) is 31.9 Å². The van der Waals surface area contributed by atoms with Crippen LogP contribution in [-0.2, 0) is 11.3 Å². The summed E-state index contributed by atoms with van der Waals surface area (Å²) in [6, 6.07) is 16.6. The van der Waals surface area contributed by atoms with Gasteiger partial charge in [0.05, 0.1) is 12.3 Å². The predicted molar refractivity (Wildman–Crippen MR) is 74.6 cm³/mol. The van der Waals surface area contributed by atoms with Crippen molar-refractivity contribution in [1.82, 2.24) is 9.88 Å². The van der Waals surface area contributed by atoms with Gasteiger partial charge in [0.15, 0.2) is 0 Å². The summed E-state index contributed by atoms with van der Waals surface area (Å²) in [5.41, 5.74) is 2.38. The van der Waals surface area contributed by atoms with E-state index in [1.54, 1.807) is 0 Å². The molecular weight excluding hydrogens is 236 g/mol. The molecular formula is C16H18N2O. The molecule has 0 unspecified atom stereocenters. The molecule has 1 aromatic carbocycles. The highest BCUT2D eigenvalue weighted by Crippen LogP contribution is 2.21. The minimum absolute atomic E-state index is 0.0960. The van der Waals surface area contributed by atoms with E-state index in [1.165, 1.54) is 5.56 Å². The molecule has 1 fully saturated rings. The van der Waals surface area contributed by atoms with Gasteiger partial charge in [-0.25, -0.2) is 0 Å². The highest BCUT2D eigenvalue weighted by atomic mass is 16.5. The SMILES string of the molecule is c1ccc(CN2CCO[C@@H](c3ccccn3)C2)cc1. The van der Waals surface area contributed by atoms with E-state index in [0.29, 0.717) is 0 Å². The van der Waals surface area contributed by atoms with Gasteiger partial charge in [0.25, 0.3) is 0 Å². The maximum atomic E-state index is 5.83. The Hall–Kier alpha value is -1.71. The molecule has 0 spiro atoms. The standard InChI is InChI=1S/C16H18N2O/c1-2-6-14(7-3-1)12-18-10-11-19-16(13-18)15-8-4-5-9-17-15/h1-9,16H,10-13H2/t16-/m1/s1. The molecule has 19 heavy (non-hydrogen) atoms. The fourth-order valence-corrected chi connectivity index (χ4v) is 2.43. The highest BCUT2D eigenvalue weighted by molar-refractivity contribution is 5.15. The van der Waals surface area contributed by atoms with Gasteiger partial charge in [-0.3, -0.25) is 9.88 Å². The van der Waals surface area contributed by atoms with Crippen LogP contribution < -0.4 is 0 Å². The first-order valence-corrected chi connectivity index (χ1v) is 6.70. The second-order valence-corrected chi connectivity index (χ2v) is 4.83. The molecule has 1 atom stereocenters. The first-order chi connectivity index (χ1) is 9.42. The lowest BCUT2D eigenvalue weighted by atomic mass is 10.1. The first-order valence-electron chi connectivity index (χ1n) is 6.70. The largest absolute Gasteiger partial charge is 0.369 e. The van der Waals surface area contributed by atoms with Crippen LogP contribution in [0.15, 0.2) is 54.7 Å². The third kappa shape index (κ3) is 3.19. The van der Waals surface area contributed by atoms with Crippen LogP contribution in [0.1, 0.15) is 17.4 Å². The van der Waals surface area contributed by atoms with Crippen LogP contribution in [0.2, 0.25) is 0 Å². The summed E-state index contributed by atoms with van der Waals surface area (Å²) in [7, 11) is 0. The van der Waals surface area contributed by atoms with E-state index in [-0.39, 0.29) is 6.10 Å². The van der Waals surface area contributed by atoms with Gasteiger partial charge < -0.3 is 4.74 Å². The van der Waals surface area contributed by atoms with Crippen LogP contribution in [0, 0.1) is 0 Å². The number of hydrogen-bond donors (Lipinski definition) is 0. The van der Waals surface area contributed by atoms with Crippen LogP contribution in [0.4, 0.5) is 0 Å². The van der Waals surface area contributed by atoms with Crippen molar-refractivity contribution in [2.24, 2.45) is 0 Å². The third-order valence-corrected chi connectivity index (χ3v) is 3.42. The zero-order valence-electron chi connectivity index (χ0n) is 10.9. The average Bonchev–Trinajstić information content (AvgIpc) is 2.49. The van der Waals surface area contributed by atoms with Gasteiger partial charge in [0.2, 0.25) is 0 Å². The van der Waals surface area contributed by atoms with Crippen molar-refractivity contribution >= 4 is 0 Å². The number of pyridine rings is 1. The van der Waals surface area contributed by atoms with Crippen molar-refractivity contribution in [3.63, 3.8) is 0 Å². The Balaban J connectivity index is 1.65. The normalized spacial score (nSPS) is 20.3. The summed E-state index contributed by atoms with van der Waals surface area (Å²) in [6.45, 7) is 3.64. The summed E-state index contributed by atoms with van der Waals surface area (Å²) in [5.74, 6) is 0. The lowest BCUT2D eigenvalue weighted by molar-refractivity contribution is -0.0349. The summed E-state index contributed by atoms with van der Waals surface area (Å²) in [6.07, 6.45) is 1.92. The van der Waals surface area contributed by atoms with Gasteiger partial charge in [-0.15, -0.1) is 0 Å². The van der Waals surface area contributed by atoms with Gasteiger partial charge in [-0.1, -0.05) is 36.4 Å². The van der Waals surface area contributed by atoms with Gasteiger partial charge in [-0.2, -0.15) is 0 Å². The molecule has 1 aliphatic heterocycles. The number of hydrogen-bond acceptors (Lipinski definition) is 3. The molecule has 2 aromatic rings. The van der Waals surface area contributed by atoms with Gasteiger partial charge in [-0.05, 0) is 17.7 Å². The maximum Gasteiger partial charge on any atom is 0.112 e. The Morgan fingerprint density at radius 1 is 1.11 bits per heavy atom. The van der Waals surface area contributed by atoms with E-state index in [4.69, 9.17) is 4.74 Å². The molecule has 0 bridgehead atoms.